The average molecular weight is 257 g/mol. The average Bonchev–Trinajstić information content (AvgIpc) is 2.61. The molecule has 7 nitrogen and oxygen atoms in total. The lowest BCUT2D eigenvalue weighted by Gasteiger charge is -2.22. The van der Waals surface area contributed by atoms with E-state index in [9.17, 15) is 14.4 Å². The van der Waals surface area contributed by atoms with Crippen molar-refractivity contribution in [2.75, 3.05) is 26.7 Å². The van der Waals surface area contributed by atoms with Gasteiger partial charge < -0.3 is 20.2 Å². The van der Waals surface area contributed by atoms with Crippen molar-refractivity contribution >= 4 is 17.9 Å². The van der Waals surface area contributed by atoms with E-state index in [0.717, 1.165) is 0 Å². The number of carboxylic acids is 1. The van der Waals surface area contributed by atoms with Gasteiger partial charge in [-0.25, -0.2) is 4.79 Å². The molecule has 102 valence electrons. The lowest BCUT2D eigenvalue weighted by atomic mass is 10.2. The van der Waals surface area contributed by atoms with Crippen LogP contribution in [-0.2, 0) is 9.59 Å². The third-order valence-corrected chi connectivity index (χ3v) is 2.99. The van der Waals surface area contributed by atoms with Crippen LogP contribution in [0.3, 0.4) is 0 Å². The van der Waals surface area contributed by atoms with Gasteiger partial charge in [0.25, 0.3) is 0 Å². The highest BCUT2D eigenvalue weighted by Gasteiger charge is 2.31. The van der Waals surface area contributed by atoms with Gasteiger partial charge in [-0.3, -0.25) is 9.59 Å². The molecule has 1 atom stereocenters. The first-order valence-corrected chi connectivity index (χ1v) is 5.98. The second kappa shape index (κ2) is 6.23. The van der Waals surface area contributed by atoms with E-state index in [2.05, 4.69) is 5.32 Å². The van der Waals surface area contributed by atoms with E-state index in [1.807, 2.05) is 0 Å². The van der Waals surface area contributed by atoms with Crippen LogP contribution in [0, 0.1) is 0 Å². The van der Waals surface area contributed by atoms with Crippen LogP contribution in [0.25, 0.3) is 0 Å². The van der Waals surface area contributed by atoms with Crippen LogP contribution in [0.15, 0.2) is 0 Å². The topological polar surface area (TPSA) is 89.9 Å². The van der Waals surface area contributed by atoms with Gasteiger partial charge >= 0.3 is 12.0 Å². The van der Waals surface area contributed by atoms with Crippen molar-refractivity contribution in [2.24, 2.45) is 0 Å². The van der Waals surface area contributed by atoms with Crippen LogP contribution in [0.5, 0.6) is 0 Å². The van der Waals surface area contributed by atoms with Gasteiger partial charge in [0.15, 0.2) is 0 Å². The Morgan fingerprint density at radius 1 is 1.56 bits per heavy atom. The number of carbonyl (C=O) groups excluding carboxylic acids is 2. The number of hydrogen-bond acceptors (Lipinski definition) is 3. The summed E-state index contributed by atoms with van der Waals surface area (Å²) in [6, 6.07) is -0.867. The second-order valence-corrected chi connectivity index (χ2v) is 4.27. The number of amides is 3. The Labute approximate surface area is 106 Å². The molecule has 0 aromatic heterocycles. The highest BCUT2D eigenvalue weighted by Crippen LogP contribution is 2.09. The number of carbonyl (C=O) groups is 3. The highest BCUT2D eigenvalue weighted by atomic mass is 16.4. The molecule has 0 bridgehead atoms. The zero-order chi connectivity index (χ0) is 13.7. The third kappa shape index (κ3) is 3.61. The lowest BCUT2D eigenvalue weighted by Crippen LogP contribution is -2.48. The van der Waals surface area contributed by atoms with E-state index >= 15 is 0 Å². The number of carboxylic acid groups (broad SMARTS) is 1. The Morgan fingerprint density at radius 3 is 2.67 bits per heavy atom. The first kappa shape index (κ1) is 14.3. The maximum Gasteiger partial charge on any atom is 0.318 e. The number of nitrogens with one attached hydrogen (secondary N) is 1. The van der Waals surface area contributed by atoms with Crippen molar-refractivity contribution in [1.29, 1.82) is 0 Å². The SMILES string of the molecule is CCN(CCC(=O)O)C(=O)NC1CCN(C)C1=O. The van der Waals surface area contributed by atoms with Gasteiger partial charge in [0.1, 0.15) is 6.04 Å². The number of likely N-dealkylation sites (tertiary alicyclic amines) is 1. The minimum atomic E-state index is -0.946. The molecule has 0 radical (unpaired) electrons. The van der Waals surface area contributed by atoms with E-state index in [1.54, 1.807) is 18.9 Å². The van der Waals surface area contributed by atoms with E-state index in [1.165, 1.54) is 4.90 Å². The molecule has 0 aromatic carbocycles. The van der Waals surface area contributed by atoms with E-state index in [0.29, 0.717) is 19.5 Å². The van der Waals surface area contributed by atoms with Crippen LogP contribution < -0.4 is 5.32 Å². The Kier molecular flexibility index (Phi) is 4.94. The molecule has 7 heteroatoms. The molecule has 0 aromatic rings. The zero-order valence-corrected chi connectivity index (χ0v) is 10.7. The Bertz CT molecular complexity index is 345. The number of likely N-dealkylation sites (N-methyl/N-ethyl adjacent to an activating group) is 1. The number of hydrogen-bond donors (Lipinski definition) is 2. The molecular weight excluding hydrogens is 238 g/mol. The summed E-state index contributed by atoms with van der Waals surface area (Å²) in [6.45, 7) is 2.96. The minimum absolute atomic E-state index is 0.0974. The summed E-state index contributed by atoms with van der Waals surface area (Å²) in [5.74, 6) is -1.05. The number of aliphatic carboxylic acids is 1. The summed E-state index contributed by atoms with van der Waals surface area (Å²) in [6.07, 6.45) is 0.497. The second-order valence-electron chi connectivity index (χ2n) is 4.27. The van der Waals surface area contributed by atoms with E-state index in [-0.39, 0.29) is 24.9 Å². The Hall–Kier alpha value is -1.79. The predicted octanol–water partition coefficient (Wildman–Crippen LogP) is -0.277. The normalized spacial score (nSPS) is 18.9. The van der Waals surface area contributed by atoms with Gasteiger partial charge in [0.2, 0.25) is 5.91 Å². The smallest absolute Gasteiger partial charge is 0.318 e. The van der Waals surface area contributed by atoms with Crippen molar-refractivity contribution < 1.29 is 19.5 Å². The molecule has 1 heterocycles. The maximum absolute atomic E-state index is 11.8. The minimum Gasteiger partial charge on any atom is -0.481 e. The third-order valence-electron chi connectivity index (χ3n) is 2.99. The van der Waals surface area contributed by atoms with Crippen molar-refractivity contribution in [3.8, 4) is 0 Å². The predicted molar refractivity (Wildman–Crippen MR) is 64.1 cm³/mol. The monoisotopic (exact) mass is 257 g/mol. The van der Waals surface area contributed by atoms with Crippen molar-refractivity contribution in [3.05, 3.63) is 0 Å². The Balaban J connectivity index is 2.47. The zero-order valence-electron chi connectivity index (χ0n) is 10.7. The largest absolute Gasteiger partial charge is 0.481 e. The standard InChI is InChI=1S/C11H19N3O4/c1-3-14(7-5-9(15)16)11(18)12-8-4-6-13(2)10(8)17/h8H,3-7H2,1-2H3,(H,12,18)(H,15,16). The lowest BCUT2D eigenvalue weighted by molar-refractivity contribution is -0.137. The number of nitrogens with zero attached hydrogens (tertiary/aromatic N) is 2. The first-order chi connectivity index (χ1) is 8.45. The summed E-state index contributed by atoms with van der Waals surface area (Å²) < 4.78 is 0. The van der Waals surface area contributed by atoms with Crippen LogP contribution in [0.2, 0.25) is 0 Å². The molecule has 1 fully saturated rings. The molecule has 1 saturated heterocycles. The summed E-state index contributed by atoms with van der Waals surface area (Å²) in [5, 5.41) is 11.2. The molecule has 1 aliphatic heterocycles. The summed E-state index contributed by atoms with van der Waals surface area (Å²) >= 11 is 0. The van der Waals surface area contributed by atoms with Crippen molar-refractivity contribution in [2.45, 2.75) is 25.8 Å². The van der Waals surface area contributed by atoms with Gasteiger partial charge in [-0.1, -0.05) is 0 Å². The van der Waals surface area contributed by atoms with Crippen LogP contribution >= 0.6 is 0 Å². The van der Waals surface area contributed by atoms with Gasteiger partial charge in [-0.15, -0.1) is 0 Å². The van der Waals surface area contributed by atoms with Gasteiger partial charge in [-0.2, -0.15) is 0 Å². The highest BCUT2D eigenvalue weighted by molar-refractivity contribution is 5.88. The quantitative estimate of drug-likeness (QED) is 0.709. The van der Waals surface area contributed by atoms with E-state index in [4.69, 9.17) is 5.11 Å². The Morgan fingerprint density at radius 2 is 2.22 bits per heavy atom. The summed E-state index contributed by atoms with van der Waals surface area (Å²) in [4.78, 5) is 36.9. The van der Waals surface area contributed by atoms with Crippen molar-refractivity contribution in [1.82, 2.24) is 15.1 Å². The van der Waals surface area contributed by atoms with Gasteiger partial charge in [0.05, 0.1) is 6.42 Å². The van der Waals surface area contributed by atoms with Crippen LogP contribution in [-0.4, -0.2) is 65.5 Å². The molecular formula is C11H19N3O4. The number of urea groups is 1. The number of rotatable bonds is 5. The molecule has 0 saturated carbocycles. The molecule has 0 aliphatic carbocycles. The van der Waals surface area contributed by atoms with Gasteiger partial charge in [0, 0.05) is 26.7 Å². The molecule has 1 aliphatic rings. The molecule has 2 N–H and O–H groups in total. The molecule has 18 heavy (non-hydrogen) atoms. The van der Waals surface area contributed by atoms with Crippen LogP contribution in [0.4, 0.5) is 4.79 Å². The fourth-order valence-electron chi connectivity index (χ4n) is 1.83. The summed E-state index contributed by atoms with van der Waals surface area (Å²) in [7, 11) is 1.69. The van der Waals surface area contributed by atoms with Crippen molar-refractivity contribution in [3.63, 3.8) is 0 Å². The van der Waals surface area contributed by atoms with Crippen LogP contribution in [0.1, 0.15) is 19.8 Å². The van der Waals surface area contributed by atoms with Gasteiger partial charge in [-0.05, 0) is 13.3 Å². The van der Waals surface area contributed by atoms with E-state index < -0.39 is 12.0 Å². The first-order valence-electron chi connectivity index (χ1n) is 5.98. The molecule has 1 rings (SSSR count). The molecule has 3 amide bonds. The fourth-order valence-corrected chi connectivity index (χ4v) is 1.83. The molecule has 0 spiro atoms. The summed E-state index contributed by atoms with van der Waals surface area (Å²) in [5.41, 5.74) is 0. The maximum atomic E-state index is 11.8. The fraction of sp³-hybridized carbons (Fsp3) is 0.727. The molecule has 1 unspecified atom stereocenters.